The summed E-state index contributed by atoms with van der Waals surface area (Å²) in [5.41, 5.74) is 2.20. The van der Waals surface area contributed by atoms with Gasteiger partial charge in [-0.15, -0.1) is 0 Å². The maximum atomic E-state index is 10.4. The number of rotatable bonds is 2. The predicted octanol–water partition coefficient (Wildman–Crippen LogP) is 1.86. The van der Waals surface area contributed by atoms with Crippen molar-refractivity contribution >= 4 is 0 Å². The predicted molar refractivity (Wildman–Crippen MR) is 83.6 cm³/mol. The number of hydrogen-bond acceptors (Lipinski definition) is 4. The van der Waals surface area contributed by atoms with Crippen LogP contribution in [-0.2, 0) is 18.4 Å². The van der Waals surface area contributed by atoms with Crippen LogP contribution in [0.25, 0.3) is 0 Å². The lowest BCUT2D eigenvalue weighted by Gasteiger charge is -2.56. The van der Waals surface area contributed by atoms with E-state index in [2.05, 4.69) is 6.92 Å². The van der Waals surface area contributed by atoms with Crippen LogP contribution in [0.3, 0.4) is 0 Å². The summed E-state index contributed by atoms with van der Waals surface area (Å²) in [6.45, 7) is 3.98. The van der Waals surface area contributed by atoms with E-state index in [1.807, 2.05) is 13.0 Å². The maximum absolute atomic E-state index is 10.4. The Balaban J connectivity index is 2.12. The van der Waals surface area contributed by atoms with Crippen molar-refractivity contribution < 1.29 is 20.4 Å². The largest absolute Gasteiger partial charge is 0.508 e. The van der Waals surface area contributed by atoms with E-state index in [9.17, 15) is 20.4 Å². The van der Waals surface area contributed by atoms with Crippen molar-refractivity contribution in [2.24, 2.45) is 11.3 Å². The van der Waals surface area contributed by atoms with E-state index in [1.165, 1.54) is 5.56 Å². The van der Waals surface area contributed by atoms with Gasteiger partial charge in [-0.05, 0) is 60.3 Å². The van der Waals surface area contributed by atoms with Gasteiger partial charge in [0.25, 0.3) is 0 Å². The molecule has 0 amide bonds. The van der Waals surface area contributed by atoms with Gasteiger partial charge in [-0.3, -0.25) is 0 Å². The standard InChI is InChI=1S/C18H26O4/c1-17-6-5-16(22)18(2,10-20)15(17)4-3-11-7-12(9-19)14(21)8-13(11)17/h7-8,15-16,19-22H,3-6,9-10H2,1-2H3. The van der Waals surface area contributed by atoms with Crippen molar-refractivity contribution in [2.45, 2.75) is 57.7 Å². The fourth-order valence-electron chi connectivity index (χ4n) is 4.94. The molecule has 0 bridgehead atoms. The zero-order valence-electron chi connectivity index (χ0n) is 13.3. The summed E-state index contributed by atoms with van der Waals surface area (Å²) in [5.74, 6) is 0.320. The average Bonchev–Trinajstić information content (AvgIpc) is 2.51. The van der Waals surface area contributed by atoms with Crippen LogP contribution in [0.1, 0.15) is 49.8 Å². The molecule has 4 atom stereocenters. The van der Waals surface area contributed by atoms with E-state index >= 15 is 0 Å². The first-order valence-corrected chi connectivity index (χ1v) is 8.12. The summed E-state index contributed by atoms with van der Waals surface area (Å²) in [6, 6.07) is 3.70. The van der Waals surface area contributed by atoms with Crippen molar-refractivity contribution in [3.8, 4) is 5.75 Å². The molecule has 3 rings (SSSR count). The number of aryl methyl sites for hydroxylation is 1. The lowest BCUT2D eigenvalue weighted by atomic mass is 9.49. The molecule has 2 aliphatic carbocycles. The van der Waals surface area contributed by atoms with E-state index < -0.39 is 11.5 Å². The Bertz CT molecular complexity index is 585. The minimum atomic E-state index is -0.504. The molecule has 4 heteroatoms. The highest BCUT2D eigenvalue weighted by Crippen LogP contribution is 2.57. The van der Waals surface area contributed by atoms with Crippen molar-refractivity contribution in [3.63, 3.8) is 0 Å². The van der Waals surface area contributed by atoms with Crippen LogP contribution in [0.2, 0.25) is 0 Å². The van der Waals surface area contributed by atoms with Crippen LogP contribution in [0, 0.1) is 11.3 Å². The van der Waals surface area contributed by atoms with Gasteiger partial charge in [0.1, 0.15) is 5.75 Å². The molecule has 0 aliphatic heterocycles. The molecule has 1 aromatic carbocycles. The van der Waals surface area contributed by atoms with Gasteiger partial charge >= 0.3 is 0 Å². The van der Waals surface area contributed by atoms with Gasteiger partial charge in [0.15, 0.2) is 0 Å². The van der Waals surface area contributed by atoms with Crippen LogP contribution in [0.4, 0.5) is 0 Å². The van der Waals surface area contributed by atoms with E-state index in [0.29, 0.717) is 12.0 Å². The third-order valence-corrected chi connectivity index (χ3v) is 6.40. The summed E-state index contributed by atoms with van der Waals surface area (Å²) in [6.07, 6.45) is 2.78. The zero-order chi connectivity index (χ0) is 16.1. The average molecular weight is 306 g/mol. The molecule has 0 spiro atoms. The van der Waals surface area contributed by atoms with Gasteiger partial charge < -0.3 is 20.4 Å². The van der Waals surface area contributed by atoms with E-state index in [0.717, 1.165) is 24.8 Å². The summed E-state index contributed by atoms with van der Waals surface area (Å²) >= 11 is 0. The molecule has 4 N–H and O–H groups in total. The van der Waals surface area contributed by atoms with E-state index in [-0.39, 0.29) is 30.3 Å². The Morgan fingerprint density at radius 1 is 1.18 bits per heavy atom. The summed E-state index contributed by atoms with van der Waals surface area (Å²) in [7, 11) is 0. The molecule has 1 saturated carbocycles. The second-order valence-corrected chi connectivity index (χ2v) is 7.52. The second-order valence-electron chi connectivity index (χ2n) is 7.52. The Hall–Kier alpha value is -1.10. The van der Waals surface area contributed by atoms with Crippen LogP contribution in [0.5, 0.6) is 5.75 Å². The minimum Gasteiger partial charge on any atom is -0.508 e. The van der Waals surface area contributed by atoms with Crippen molar-refractivity contribution in [2.75, 3.05) is 6.61 Å². The van der Waals surface area contributed by atoms with E-state index in [1.54, 1.807) is 6.07 Å². The highest BCUT2D eigenvalue weighted by atomic mass is 16.3. The fraction of sp³-hybridized carbons (Fsp3) is 0.667. The van der Waals surface area contributed by atoms with Crippen LogP contribution >= 0.6 is 0 Å². The Labute approximate surface area is 131 Å². The van der Waals surface area contributed by atoms with Crippen molar-refractivity contribution in [3.05, 3.63) is 28.8 Å². The van der Waals surface area contributed by atoms with E-state index in [4.69, 9.17) is 0 Å². The molecular formula is C18H26O4. The number of benzene rings is 1. The molecule has 0 radical (unpaired) electrons. The highest BCUT2D eigenvalue weighted by molar-refractivity contribution is 5.47. The summed E-state index contributed by atoms with van der Waals surface area (Å²) in [4.78, 5) is 0. The number of fused-ring (bicyclic) bond motifs is 3. The molecule has 1 fully saturated rings. The van der Waals surface area contributed by atoms with Gasteiger partial charge in [-0.2, -0.15) is 0 Å². The first-order valence-electron chi connectivity index (χ1n) is 8.12. The highest BCUT2D eigenvalue weighted by Gasteiger charge is 2.55. The maximum Gasteiger partial charge on any atom is 0.121 e. The number of aromatic hydroxyl groups is 1. The zero-order valence-corrected chi connectivity index (χ0v) is 13.3. The lowest BCUT2D eigenvalue weighted by molar-refractivity contribution is -0.110. The van der Waals surface area contributed by atoms with Crippen LogP contribution in [-0.4, -0.2) is 33.1 Å². The smallest absolute Gasteiger partial charge is 0.121 e. The SMILES string of the molecule is CC12CCC(O)C(C)(CO)C1CCc1cc(CO)c(O)cc12. The van der Waals surface area contributed by atoms with Crippen LogP contribution in [0.15, 0.2) is 12.1 Å². The lowest BCUT2D eigenvalue weighted by Crippen LogP contribution is -2.56. The number of phenols is 1. The summed E-state index contributed by atoms with van der Waals surface area (Å²) < 4.78 is 0. The van der Waals surface area contributed by atoms with Gasteiger partial charge in [0.2, 0.25) is 0 Å². The van der Waals surface area contributed by atoms with Gasteiger partial charge in [0.05, 0.1) is 19.3 Å². The molecular weight excluding hydrogens is 280 g/mol. The van der Waals surface area contributed by atoms with Gasteiger partial charge in [0, 0.05) is 11.0 Å². The molecule has 0 aromatic heterocycles. The quantitative estimate of drug-likeness (QED) is 0.672. The first-order chi connectivity index (χ1) is 10.4. The fourth-order valence-corrected chi connectivity index (χ4v) is 4.94. The van der Waals surface area contributed by atoms with Gasteiger partial charge in [-0.1, -0.05) is 13.8 Å². The number of hydrogen-bond donors (Lipinski definition) is 4. The molecule has 2 aliphatic rings. The molecule has 1 aromatic rings. The Morgan fingerprint density at radius 3 is 2.55 bits per heavy atom. The first kappa shape index (κ1) is 15.8. The molecule has 22 heavy (non-hydrogen) atoms. The molecule has 0 saturated heterocycles. The number of aliphatic hydroxyl groups excluding tert-OH is 3. The number of aliphatic hydroxyl groups is 3. The normalized spacial score (nSPS) is 37.5. The van der Waals surface area contributed by atoms with Crippen molar-refractivity contribution in [1.29, 1.82) is 0 Å². The molecule has 122 valence electrons. The monoisotopic (exact) mass is 306 g/mol. The summed E-state index contributed by atoms with van der Waals surface area (Å²) in [5, 5.41) is 39.8. The van der Waals surface area contributed by atoms with Crippen molar-refractivity contribution in [1.82, 2.24) is 0 Å². The van der Waals surface area contributed by atoms with Gasteiger partial charge in [-0.25, -0.2) is 0 Å². The molecule has 0 heterocycles. The Kier molecular flexibility index (Phi) is 3.75. The third kappa shape index (κ3) is 2.01. The van der Waals surface area contributed by atoms with Crippen LogP contribution < -0.4 is 0 Å². The molecule has 4 unspecified atom stereocenters. The molecule has 4 nitrogen and oxygen atoms in total. The third-order valence-electron chi connectivity index (χ3n) is 6.40. The topological polar surface area (TPSA) is 80.9 Å². The Morgan fingerprint density at radius 2 is 1.91 bits per heavy atom. The second kappa shape index (κ2) is 5.22. The minimum absolute atomic E-state index is 0.0234.